The third-order valence-corrected chi connectivity index (χ3v) is 17.1. The van der Waals surface area contributed by atoms with E-state index in [0.29, 0.717) is 45.3 Å². The van der Waals surface area contributed by atoms with Gasteiger partial charge < -0.3 is 35.6 Å². The van der Waals surface area contributed by atoms with Crippen LogP contribution in [0.3, 0.4) is 0 Å². The van der Waals surface area contributed by atoms with Gasteiger partial charge in [-0.1, -0.05) is 59.3 Å². The van der Waals surface area contributed by atoms with Gasteiger partial charge in [-0.2, -0.15) is 0 Å². The summed E-state index contributed by atoms with van der Waals surface area (Å²) in [6.07, 6.45) is 16.6. The number of hydrogen-bond acceptors (Lipinski definition) is 9. The second kappa shape index (κ2) is 17.4. The fourth-order valence-corrected chi connectivity index (χ4v) is 11.8. The number of piperidine rings is 1. The van der Waals surface area contributed by atoms with Gasteiger partial charge in [0, 0.05) is 25.6 Å². The summed E-state index contributed by atoms with van der Waals surface area (Å²) in [5.74, 6) is -0.584. The highest BCUT2D eigenvalue weighted by Crippen LogP contribution is 2.65. The summed E-state index contributed by atoms with van der Waals surface area (Å²) in [5, 5.41) is 11.6. The maximum atomic E-state index is 15.0. The molecule has 324 valence electrons. The van der Waals surface area contributed by atoms with Crippen LogP contribution in [0, 0.1) is 35.0 Å². The van der Waals surface area contributed by atoms with E-state index in [2.05, 4.69) is 41.0 Å². The number of terminal acetylenes is 1. The average Bonchev–Trinajstić information content (AvgIpc) is 4.03. The number of urea groups is 1. The molecule has 0 aromatic rings. The normalized spacial score (nSPS) is 28.4. The lowest BCUT2D eigenvalue weighted by Gasteiger charge is -2.44. The number of carbonyl (C=O) groups excluding carboxylic acids is 5. The summed E-state index contributed by atoms with van der Waals surface area (Å²) in [4.78, 5) is 71.0. The number of ether oxygens (including phenoxy) is 2. The van der Waals surface area contributed by atoms with Crippen molar-refractivity contribution in [2.24, 2.45) is 22.7 Å². The van der Waals surface area contributed by atoms with E-state index in [1.165, 1.54) is 0 Å². The summed E-state index contributed by atoms with van der Waals surface area (Å²) in [5.41, 5.74) is -1.93. The fourth-order valence-electron chi connectivity index (χ4n) is 10.1. The molecule has 0 aromatic heterocycles. The number of ketones is 1. The second-order valence-electron chi connectivity index (χ2n) is 19.7. The van der Waals surface area contributed by atoms with Gasteiger partial charge in [0.25, 0.3) is 5.91 Å². The molecule has 15 heteroatoms. The molecule has 6 aliphatic rings. The first-order valence-corrected chi connectivity index (χ1v) is 23.4. The van der Waals surface area contributed by atoms with Crippen LogP contribution in [-0.4, -0.2) is 109 Å². The smallest absolute Gasteiger partial charge is 0.315 e. The zero-order valence-electron chi connectivity index (χ0n) is 35.3. The maximum absolute atomic E-state index is 15.0. The minimum Gasteiger partial charge on any atom is -0.353 e. The van der Waals surface area contributed by atoms with Gasteiger partial charge in [-0.15, -0.1) is 12.3 Å². The standard InChI is InChI=1S/C43H67N5O9S/c1-7-16-30(34(49)37(51)44-28-18-19-28)45-36(50)33-32-29(41(32,4)5)25-48(33)38(52)35(42(6)20-11-8-12-21-42)46-39(53)47-43(22-13-9-14-23-43)27-58(54,55)40(2,3)26-57-31-17-10-15-24-56-31/h1,28-33,35H,8-27H2,2-6H3,(H,44,51)(H,45,50)(H2,46,47,53)/t29-,30?,31?,32-,33-,35+/m0/s1. The number of hydrogen-bond donors (Lipinski definition) is 4. The van der Waals surface area contributed by atoms with Crippen molar-refractivity contribution >= 4 is 39.4 Å². The predicted molar refractivity (Wildman–Crippen MR) is 218 cm³/mol. The summed E-state index contributed by atoms with van der Waals surface area (Å²) < 4.78 is 38.7. The zero-order valence-corrected chi connectivity index (χ0v) is 36.1. The molecule has 6 fully saturated rings. The molecule has 6 rings (SSSR count). The summed E-state index contributed by atoms with van der Waals surface area (Å²) in [7, 11) is -3.82. The van der Waals surface area contributed by atoms with Crippen LogP contribution in [-0.2, 0) is 38.5 Å². The van der Waals surface area contributed by atoms with Gasteiger partial charge in [-0.05, 0) is 94.3 Å². The first-order valence-electron chi connectivity index (χ1n) is 21.8. The Kier molecular flexibility index (Phi) is 13.3. The predicted octanol–water partition coefficient (Wildman–Crippen LogP) is 3.90. The number of fused-ring (bicyclic) bond motifs is 1. The lowest BCUT2D eigenvalue weighted by atomic mass is 9.70. The molecular weight excluding hydrogens is 763 g/mol. The molecule has 58 heavy (non-hydrogen) atoms. The Balaban J connectivity index is 1.20. The van der Waals surface area contributed by atoms with Crippen LogP contribution in [0.1, 0.15) is 137 Å². The Morgan fingerprint density at radius 1 is 0.914 bits per heavy atom. The van der Waals surface area contributed by atoms with E-state index in [9.17, 15) is 27.6 Å². The van der Waals surface area contributed by atoms with E-state index < -0.39 is 73.6 Å². The van der Waals surface area contributed by atoms with E-state index >= 15 is 4.79 Å². The third-order valence-electron chi connectivity index (χ3n) is 14.3. The van der Waals surface area contributed by atoms with Gasteiger partial charge in [0.15, 0.2) is 16.1 Å². The maximum Gasteiger partial charge on any atom is 0.315 e. The van der Waals surface area contributed by atoms with Gasteiger partial charge in [-0.25, -0.2) is 13.2 Å². The molecular formula is C43H67N5O9S. The molecule has 2 aliphatic heterocycles. The first kappa shape index (κ1) is 44.3. The summed E-state index contributed by atoms with van der Waals surface area (Å²) in [6.45, 7) is 10.3. The molecule has 6 atom stereocenters. The molecule has 2 unspecified atom stereocenters. The zero-order chi connectivity index (χ0) is 42.1. The Bertz CT molecular complexity index is 1720. The van der Waals surface area contributed by atoms with E-state index in [4.69, 9.17) is 15.9 Å². The fraction of sp³-hybridized carbons (Fsp3) is 0.837. The van der Waals surface area contributed by atoms with Crippen LogP contribution < -0.4 is 21.3 Å². The van der Waals surface area contributed by atoms with Crippen LogP contribution in [0.25, 0.3) is 0 Å². The molecule has 0 spiro atoms. The van der Waals surface area contributed by atoms with Crippen molar-refractivity contribution in [1.82, 2.24) is 26.2 Å². The van der Waals surface area contributed by atoms with E-state index in [-0.39, 0.29) is 48.0 Å². The van der Waals surface area contributed by atoms with Crippen LogP contribution in [0.4, 0.5) is 4.79 Å². The van der Waals surface area contributed by atoms with Gasteiger partial charge in [-0.3, -0.25) is 19.2 Å². The van der Waals surface area contributed by atoms with Gasteiger partial charge in [0.1, 0.15) is 18.1 Å². The number of nitrogens with one attached hydrogen (secondary N) is 4. The molecule has 4 N–H and O–H groups in total. The highest BCUT2D eigenvalue weighted by Gasteiger charge is 2.70. The minimum atomic E-state index is -3.82. The molecule has 0 radical (unpaired) electrons. The molecule has 2 saturated heterocycles. The number of sulfone groups is 1. The SMILES string of the molecule is C#CCC(NC(=O)[C@@H]1[C@@H]2[C@H](CN1C(=O)[C@@H](NC(=O)NC1(CS(=O)(=O)C(C)(C)COC3CCCCO3)CCCCC1)C1(C)CCCCC1)C2(C)C)C(=O)C(=O)NC1CC1. The van der Waals surface area contributed by atoms with Crippen molar-refractivity contribution < 1.29 is 41.9 Å². The second-order valence-corrected chi connectivity index (χ2v) is 22.3. The Morgan fingerprint density at radius 2 is 1.57 bits per heavy atom. The van der Waals surface area contributed by atoms with Crippen molar-refractivity contribution in [3.05, 3.63) is 0 Å². The van der Waals surface area contributed by atoms with Crippen molar-refractivity contribution in [2.75, 3.05) is 25.5 Å². The van der Waals surface area contributed by atoms with Crippen molar-refractivity contribution in [3.8, 4) is 12.3 Å². The van der Waals surface area contributed by atoms with Gasteiger partial charge in [0.05, 0.1) is 22.6 Å². The van der Waals surface area contributed by atoms with E-state index in [1.807, 2.05) is 6.92 Å². The molecule has 4 aliphatic carbocycles. The Labute approximate surface area is 345 Å². The largest absolute Gasteiger partial charge is 0.353 e. The molecule has 0 bridgehead atoms. The third kappa shape index (κ3) is 9.70. The van der Waals surface area contributed by atoms with E-state index in [1.54, 1.807) is 18.7 Å². The monoisotopic (exact) mass is 829 g/mol. The van der Waals surface area contributed by atoms with Crippen LogP contribution in [0.5, 0.6) is 0 Å². The molecule has 5 amide bonds. The molecule has 14 nitrogen and oxygen atoms in total. The van der Waals surface area contributed by atoms with Crippen LogP contribution in [0.15, 0.2) is 0 Å². The molecule has 2 heterocycles. The summed E-state index contributed by atoms with van der Waals surface area (Å²) >= 11 is 0. The van der Waals surface area contributed by atoms with Crippen molar-refractivity contribution in [2.45, 2.75) is 178 Å². The van der Waals surface area contributed by atoms with E-state index in [0.717, 1.165) is 64.2 Å². The lowest BCUT2D eigenvalue weighted by Crippen LogP contribution is -2.65. The number of rotatable bonds is 16. The lowest BCUT2D eigenvalue weighted by molar-refractivity contribution is -0.165. The number of Topliss-reactive ketones (excluding diaryl/α,β-unsaturated/α-hetero) is 1. The quantitative estimate of drug-likeness (QED) is 0.132. The number of amides is 5. The van der Waals surface area contributed by atoms with Crippen LogP contribution >= 0.6 is 0 Å². The number of carbonyl (C=O) groups is 5. The molecule has 0 aromatic carbocycles. The highest BCUT2D eigenvalue weighted by molar-refractivity contribution is 7.92. The average molecular weight is 830 g/mol. The minimum absolute atomic E-state index is 0.0218. The van der Waals surface area contributed by atoms with Crippen molar-refractivity contribution in [3.63, 3.8) is 0 Å². The number of likely N-dealkylation sites (tertiary alicyclic amines) is 1. The van der Waals surface area contributed by atoms with Crippen molar-refractivity contribution in [1.29, 1.82) is 0 Å². The molecule has 4 saturated carbocycles. The summed E-state index contributed by atoms with van der Waals surface area (Å²) in [6, 6.07) is -3.86. The topological polar surface area (TPSA) is 189 Å². The van der Waals surface area contributed by atoms with Crippen LogP contribution in [0.2, 0.25) is 0 Å². The Hall–Kier alpha value is -3.22. The Morgan fingerprint density at radius 3 is 2.17 bits per heavy atom. The van der Waals surface area contributed by atoms with Gasteiger partial charge >= 0.3 is 6.03 Å². The number of nitrogens with zero attached hydrogens (tertiary/aromatic N) is 1. The highest BCUT2D eigenvalue weighted by atomic mass is 32.2. The van der Waals surface area contributed by atoms with Gasteiger partial charge in [0.2, 0.25) is 17.6 Å². The first-order chi connectivity index (χ1) is 27.3.